The number of rotatable bonds is 3. The van der Waals surface area contributed by atoms with E-state index in [1.807, 2.05) is 35.0 Å². The van der Waals surface area contributed by atoms with E-state index in [2.05, 4.69) is 4.98 Å². The van der Waals surface area contributed by atoms with Gasteiger partial charge in [0.25, 0.3) is 0 Å². The molecule has 0 aliphatic rings. The number of nitrogens with two attached hydrogens (primary N) is 1. The molecule has 2 N–H and O–H groups in total. The summed E-state index contributed by atoms with van der Waals surface area (Å²) in [5.74, 6) is 1.30. The fourth-order valence-corrected chi connectivity index (χ4v) is 2.86. The summed E-state index contributed by atoms with van der Waals surface area (Å²) in [7, 11) is 0. The van der Waals surface area contributed by atoms with Gasteiger partial charge in [-0.3, -0.25) is 4.40 Å². The molecular weight excluding hydrogens is 282 g/mol. The minimum absolute atomic E-state index is 0.375. The normalized spacial score (nSPS) is 11.1. The number of ether oxygens (including phenoxy) is 1. The minimum atomic E-state index is 0.375. The standard InChI is InChI=1S/C13H12ClN3OS/c1-8-6-9(14)2-3-11(8)18-12-10(7-15)17-4-5-19-13(17)16-12/h2-6H,7,15H2,1H3. The second-order valence-corrected chi connectivity index (χ2v) is 5.44. The maximum Gasteiger partial charge on any atom is 0.243 e. The molecule has 3 rings (SSSR count). The Balaban J connectivity index is 2.02. The Kier molecular flexibility index (Phi) is 3.18. The molecule has 0 saturated heterocycles. The van der Waals surface area contributed by atoms with Crippen LogP contribution in [-0.2, 0) is 6.54 Å². The zero-order valence-electron chi connectivity index (χ0n) is 10.3. The summed E-state index contributed by atoms with van der Waals surface area (Å²) >= 11 is 7.48. The highest BCUT2D eigenvalue weighted by molar-refractivity contribution is 7.15. The van der Waals surface area contributed by atoms with E-state index >= 15 is 0 Å². The average molecular weight is 294 g/mol. The van der Waals surface area contributed by atoms with Crippen molar-refractivity contribution in [1.82, 2.24) is 9.38 Å². The smallest absolute Gasteiger partial charge is 0.243 e. The highest BCUT2D eigenvalue weighted by Crippen LogP contribution is 2.30. The van der Waals surface area contributed by atoms with E-state index in [1.54, 1.807) is 17.4 Å². The molecule has 98 valence electrons. The molecule has 4 nitrogen and oxygen atoms in total. The fraction of sp³-hybridized carbons (Fsp3) is 0.154. The van der Waals surface area contributed by atoms with E-state index in [0.29, 0.717) is 17.4 Å². The van der Waals surface area contributed by atoms with Crippen molar-refractivity contribution in [3.8, 4) is 11.6 Å². The Morgan fingerprint density at radius 2 is 2.32 bits per heavy atom. The van der Waals surface area contributed by atoms with Gasteiger partial charge in [0.2, 0.25) is 5.88 Å². The van der Waals surface area contributed by atoms with Crippen LogP contribution in [0.3, 0.4) is 0 Å². The predicted octanol–water partition coefficient (Wildman–Crippen LogP) is 3.61. The summed E-state index contributed by atoms with van der Waals surface area (Å²) in [6, 6.07) is 5.49. The Labute approximate surface area is 119 Å². The van der Waals surface area contributed by atoms with E-state index in [4.69, 9.17) is 22.1 Å². The molecule has 19 heavy (non-hydrogen) atoms. The van der Waals surface area contributed by atoms with Crippen molar-refractivity contribution >= 4 is 27.9 Å². The first-order valence-electron chi connectivity index (χ1n) is 5.77. The lowest BCUT2D eigenvalue weighted by molar-refractivity contribution is 0.456. The number of benzene rings is 1. The maximum atomic E-state index is 5.93. The Hall–Kier alpha value is -1.56. The molecule has 0 aliphatic heterocycles. The summed E-state index contributed by atoms with van der Waals surface area (Å²) in [6.07, 6.45) is 1.94. The number of nitrogens with zero attached hydrogens (tertiary/aromatic N) is 2. The minimum Gasteiger partial charge on any atom is -0.437 e. The van der Waals surface area contributed by atoms with Crippen molar-refractivity contribution in [3.63, 3.8) is 0 Å². The number of imidazole rings is 1. The molecule has 0 atom stereocenters. The van der Waals surface area contributed by atoms with Crippen LogP contribution in [0.5, 0.6) is 11.6 Å². The van der Waals surface area contributed by atoms with E-state index in [-0.39, 0.29) is 0 Å². The first kappa shape index (κ1) is 12.5. The number of fused-ring (bicyclic) bond motifs is 1. The molecule has 0 amide bonds. The van der Waals surface area contributed by atoms with Gasteiger partial charge in [0.1, 0.15) is 11.4 Å². The first-order valence-corrected chi connectivity index (χ1v) is 7.03. The first-order chi connectivity index (χ1) is 9.19. The van der Waals surface area contributed by atoms with Crippen LogP contribution in [0.1, 0.15) is 11.3 Å². The molecule has 3 aromatic rings. The second kappa shape index (κ2) is 4.85. The largest absolute Gasteiger partial charge is 0.437 e. The molecule has 0 unspecified atom stereocenters. The van der Waals surface area contributed by atoms with Gasteiger partial charge in [-0.15, -0.1) is 11.3 Å². The van der Waals surface area contributed by atoms with Gasteiger partial charge in [0.15, 0.2) is 4.96 Å². The van der Waals surface area contributed by atoms with Crippen LogP contribution < -0.4 is 10.5 Å². The van der Waals surface area contributed by atoms with Crippen LogP contribution in [0.2, 0.25) is 5.02 Å². The number of halogens is 1. The SMILES string of the molecule is Cc1cc(Cl)ccc1Oc1nc2sccn2c1CN. The lowest BCUT2D eigenvalue weighted by atomic mass is 10.2. The van der Waals surface area contributed by atoms with Crippen LogP contribution >= 0.6 is 22.9 Å². The molecule has 0 spiro atoms. The van der Waals surface area contributed by atoms with Crippen LogP contribution in [0.4, 0.5) is 0 Å². The van der Waals surface area contributed by atoms with Gasteiger partial charge in [0, 0.05) is 23.1 Å². The van der Waals surface area contributed by atoms with Crippen LogP contribution in [0, 0.1) is 6.92 Å². The summed E-state index contributed by atoms with van der Waals surface area (Å²) in [5, 5.41) is 2.66. The molecule has 0 radical (unpaired) electrons. The maximum absolute atomic E-state index is 5.93. The fourth-order valence-electron chi connectivity index (χ4n) is 1.91. The van der Waals surface area contributed by atoms with Crippen molar-refractivity contribution in [2.24, 2.45) is 5.73 Å². The van der Waals surface area contributed by atoms with Gasteiger partial charge >= 0.3 is 0 Å². The lowest BCUT2D eigenvalue weighted by Crippen LogP contribution is -2.02. The molecule has 2 aromatic heterocycles. The van der Waals surface area contributed by atoms with Gasteiger partial charge in [-0.05, 0) is 30.7 Å². The van der Waals surface area contributed by atoms with E-state index in [0.717, 1.165) is 22.0 Å². The molecule has 2 heterocycles. The average Bonchev–Trinajstić information content (AvgIpc) is 2.92. The summed E-state index contributed by atoms with van der Waals surface area (Å²) in [4.78, 5) is 5.33. The quantitative estimate of drug-likeness (QED) is 0.802. The summed E-state index contributed by atoms with van der Waals surface area (Å²) in [5.41, 5.74) is 7.61. The van der Waals surface area contributed by atoms with E-state index in [9.17, 15) is 0 Å². The van der Waals surface area contributed by atoms with Gasteiger partial charge in [-0.25, -0.2) is 0 Å². The lowest BCUT2D eigenvalue weighted by Gasteiger charge is -2.07. The number of thiazole rings is 1. The predicted molar refractivity (Wildman–Crippen MR) is 77.2 cm³/mol. The van der Waals surface area contributed by atoms with Gasteiger partial charge < -0.3 is 10.5 Å². The van der Waals surface area contributed by atoms with Crippen molar-refractivity contribution in [1.29, 1.82) is 0 Å². The Bertz CT molecular complexity index is 735. The Morgan fingerprint density at radius 3 is 3.05 bits per heavy atom. The van der Waals surface area contributed by atoms with Crippen molar-refractivity contribution in [3.05, 3.63) is 46.1 Å². The van der Waals surface area contributed by atoms with Crippen molar-refractivity contribution in [2.75, 3.05) is 0 Å². The van der Waals surface area contributed by atoms with Gasteiger partial charge in [0.05, 0.1) is 0 Å². The Morgan fingerprint density at radius 1 is 1.47 bits per heavy atom. The van der Waals surface area contributed by atoms with E-state index < -0.39 is 0 Å². The van der Waals surface area contributed by atoms with Crippen LogP contribution in [0.25, 0.3) is 4.96 Å². The highest BCUT2D eigenvalue weighted by atomic mass is 35.5. The molecule has 0 bridgehead atoms. The topological polar surface area (TPSA) is 52.5 Å². The molecule has 1 aromatic carbocycles. The molecule has 0 saturated carbocycles. The third kappa shape index (κ3) is 2.20. The summed E-state index contributed by atoms with van der Waals surface area (Å²) < 4.78 is 7.82. The molecule has 0 aliphatic carbocycles. The summed E-state index contributed by atoms with van der Waals surface area (Å²) in [6.45, 7) is 2.32. The third-order valence-electron chi connectivity index (χ3n) is 2.86. The van der Waals surface area contributed by atoms with E-state index in [1.165, 1.54) is 0 Å². The molecular formula is C13H12ClN3OS. The molecule has 0 fully saturated rings. The van der Waals surface area contributed by atoms with Crippen molar-refractivity contribution in [2.45, 2.75) is 13.5 Å². The number of hydrogen-bond donors (Lipinski definition) is 1. The second-order valence-electron chi connectivity index (χ2n) is 4.14. The monoisotopic (exact) mass is 293 g/mol. The molecule has 6 heteroatoms. The third-order valence-corrected chi connectivity index (χ3v) is 3.85. The van der Waals surface area contributed by atoms with Crippen LogP contribution in [0.15, 0.2) is 29.8 Å². The highest BCUT2D eigenvalue weighted by Gasteiger charge is 2.14. The van der Waals surface area contributed by atoms with Gasteiger partial charge in [-0.1, -0.05) is 11.6 Å². The van der Waals surface area contributed by atoms with Crippen molar-refractivity contribution < 1.29 is 4.74 Å². The number of aryl methyl sites for hydroxylation is 1. The van der Waals surface area contributed by atoms with Crippen LogP contribution in [-0.4, -0.2) is 9.38 Å². The zero-order valence-corrected chi connectivity index (χ0v) is 11.8. The van der Waals surface area contributed by atoms with Gasteiger partial charge in [-0.2, -0.15) is 4.98 Å². The number of aromatic nitrogens is 2. The number of hydrogen-bond acceptors (Lipinski definition) is 4. The zero-order chi connectivity index (χ0) is 13.4.